The van der Waals surface area contributed by atoms with Crippen molar-refractivity contribution >= 4 is 22.9 Å². The van der Waals surface area contributed by atoms with E-state index >= 15 is 0 Å². The number of nitrogens with zero attached hydrogens (tertiary/aromatic N) is 2. The van der Waals surface area contributed by atoms with Gasteiger partial charge >= 0.3 is 0 Å². The number of aryl methyl sites for hydroxylation is 2. The van der Waals surface area contributed by atoms with Crippen LogP contribution in [0.3, 0.4) is 0 Å². The predicted octanol–water partition coefficient (Wildman–Crippen LogP) is 2.50. The molecule has 0 spiro atoms. The van der Waals surface area contributed by atoms with E-state index in [2.05, 4.69) is 24.0 Å². The Morgan fingerprint density at radius 2 is 2.35 bits per heavy atom. The van der Waals surface area contributed by atoms with Gasteiger partial charge in [-0.05, 0) is 31.4 Å². The molecule has 0 saturated carbocycles. The van der Waals surface area contributed by atoms with Crippen LogP contribution in [0.4, 0.5) is 5.69 Å². The summed E-state index contributed by atoms with van der Waals surface area (Å²) in [6.45, 7) is 3.22. The first kappa shape index (κ1) is 13.3. The lowest BCUT2D eigenvalue weighted by atomic mass is 9.99. The normalized spacial score (nSPS) is 14.2. The van der Waals surface area contributed by atoms with E-state index in [9.17, 15) is 4.79 Å². The molecule has 1 aromatic heterocycles. The molecule has 1 aliphatic rings. The smallest absolute Gasteiger partial charge is 0.277 e. The summed E-state index contributed by atoms with van der Waals surface area (Å²) in [5.74, 6) is -0.0225. The third kappa shape index (κ3) is 2.34. The number of hydrogen-bond acceptors (Lipinski definition) is 4. The maximum absolute atomic E-state index is 12.6. The van der Waals surface area contributed by atoms with Crippen molar-refractivity contribution in [1.82, 2.24) is 4.98 Å². The number of hydrogen-bond donors (Lipinski definition) is 1. The van der Waals surface area contributed by atoms with Crippen LogP contribution in [0.25, 0.3) is 0 Å². The van der Waals surface area contributed by atoms with Crippen LogP contribution in [0, 0.1) is 6.92 Å². The van der Waals surface area contributed by atoms with Gasteiger partial charge in [0.05, 0.1) is 0 Å². The molecular weight excluding hydrogens is 270 g/mol. The van der Waals surface area contributed by atoms with Gasteiger partial charge < -0.3 is 10.6 Å². The van der Waals surface area contributed by atoms with Crippen LogP contribution in [0.5, 0.6) is 0 Å². The van der Waals surface area contributed by atoms with Crippen molar-refractivity contribution in [2.45, 2.75) is 26.3 Å². The first-order valence-corrected chi connectivity index (χ1v) is 7.63. The van der Waals surface area contributed by atoms with Gasteiger partial charge in [-0.1, -0.05) is 17.7 Å². The highest BCUT2D eigenvalue weighted by Crippen LogP contribution is 2.29. The summed E-state index contributed by atoms with van der Waals surface area (Å²) in [4.78, 5) is 18.7. The summed E-state index contributed by atoms with van der Waals surface area (Å²) < 4.78 is 0. The Kier molecular flexibility index (Phi) is 3.54. The van der Waals surface area contributed by atoms with Crippen LogP contribution in [-0.4, -0.2) is 17.4 Å². The highest BCUT2D eigenvalue weighted by molar-refractivity contribution is 7.09. The lowest BCUT2D eigenvalue weighted by Crippen LogP contribution is -2.35. The maximum Gasteiger partial charge on any atom is 0.277 e. The first-order chi connectivity index (χ1) is 9.69. The largest absolute Gasteiger partial charge is 0.325 e. The molecule has 3 rings (SSSR count). The zero-order chi connectivity index (χ0) is 14.1. The number of aromatic nitrogens is 1. The van der Waals surface area contributed by atoms with Crippen molar-refractivity contribution < 1.29 is 4.79 Å². The monoisotopic (exact) mass is 287 g/mol. The van der Waals surface area contributed by atoms with Gasteiger partial charge in [0.1, 0.15) is 10.7 Å². The number of rotatable bonds is 2. The van der Waals surface area contributed by atoms with E-state index in [4.69, 9.17) is 5.73 Å². The standard InChI is InChI=1S/C15H17N3OS/c1-10-4-5-13-11(7-10)3-2-6-18(13)15(19)12-9-20-14(8-16)17-12/h4-5,7,9H,2-3,6,8,16H2,1H3. The number of nitrogens with two attached hydrogens (primary N) is 1. The summed E-state index contributed by atoms with van der Waals surface area (Å²) >= 11 is 1.44. The van der Waals surface area contributed by atoms with Crippen molar-refractivity contribution in [1.29, 1.82) is 0 Å². The number of amides is 1. The predicted molar refractivity (Wildman–Crippen MR) is 81.2 cm³/mol. The van der Waals surface area contributed by atoms with Crippen LogP contribution in [0.2, 0.25) is 0 Å². The van der Waals surface area contributed by atoms with Gasteiger partial charge in [-0.25, -0.2) is 4.98 Å². The Balaban J connectivity index is 1.93. The van der Waals surface area contributed by atoms with E-state index in [1.54, 1.807) is 5.38 Å². The molecule has 0 atom stereocenters. The van der Waals surface area contributed by atoms with Crippen molar-refractivity contribution in [3.63, 3.8) is 0 Å². The highest BCUT2D eigenvalue weighted by atomic mass is 32.1. The Hall–Kier alpha value is -1.72. The summed E-state index contributed by atoms with van der Waals surface area (Å²) in [5.41, 5.74) is 9.57. The SMILES string of the molecule is Cc1ccc2c(c1)CCCN2C(=O)c1csc(CN)n1. The summed E-state index contributed by atoms with van der Waals surface area (Å²) in [5, 5.41) is 2.60. The van der Waals surface area contributed by atoms with Crippen LogP contribution in [-0.2, 0) is 13.0 Å². The van der Waals surface area contributed by atoms with E-state index in [-0.39, 0.29) is 5.91 Å². The fourth-order valence-corrected chi connectivity index (χ4v) is 3.23. The molecule has 104 valence electrons. The molecule has 0 radical (unpaired) electrons. The van der Waals surface area contributed by atoms with Crippen molar-refractivity contribution in [2.75, 3.05) is 11.4 Å². The summed E-state index contributed by atoms with van der Waals surface area (Å²) in [6, 6.07) is 6.26. The van der Waals surface area contributed by atoms with Gasteiger partial charge in [-0.2, -0.15) is 0 Å². The van der Waals surface area contributed by atoms with Gasteiger partial charge in [0.2, 0.25) is 0 Å². The van der Waals surface area contributed by atoms with Gasteiger partial charge in [-0.3, -0.25) is 4.79 Å². The average Bonchev–Trinajstić information content (AvgIpc) is 2.94. The second-order valence-electron chi connectivity index (χ2n) is 5.02. The lowest BCUT2D eigenvalue weighted by molar-refractivity contribution is 0.0981. The lowest BCUT2D eigenvalue weighted by Gasteiger charge is -2.29. The molecule has 2 N–H and O–H groups in total. The Bertz CT molecular complexity index is 650. The molecule has 1 aromatic carbocycles. The van der Waals surface area contributed by atoms with E-state index < -0.39 is 0 Å². The van der Waals surface area contributed by atoms with E-state index in [0.717, 1.165) is 30.1 Å². The van der Waals surface area contributed by atoms with Gasteiger partial charge in [0, 0.05) is 24.2 Å². The van der Waals surface area contributed by atoms with Crippen LogP contribution in [0.1, 0.15) is 33.0 Å². The van der Waals surface area contributed by atoms with Crippen LogP contribution < -0.4 is 10.6 Å². The summed E-state index contributed by atoms with van der Waals surface area (Å²) in [6.07, 6.45) is 2.03. The molecule has 0 saturated heterocycles. The third-order valence-corrected chi connectivity index (χ3v) is 4.42. The number of anilines is 1. The highest BCUT2D eigenvalue weighted by Gasteiger charge is 2.25. The van der Waals surface area contributed by atoms with Crippen molar-refractivity contribution in [2.24, 2.45) is 5.73 Å². The van der Waals surface area contributed by atoms with Crippen LogP contribution >= 0.6 is 11.3 Å². The third-order valence-electron chi connectivity index (χ3n) is 3.54. The molecule has 2 heterocycles. The zero-order valence-corrected chi connectivity index (χ0v) is 12.2. The number of benzene rings is 1. The van der Waals surface area contributed by atoms with Crippen molar-refractivity contribution in [3.8, 4) is 0 Å². The molecule has 2 aromatic rings. The van der Waals surface area contributed by atoms with E-state index in [0.29, 0.717) is 12.2 Å². The Labute approximate surface area is 122 Å². The number of carbonyl (C=O) groups excluding carboxylic acids is 1. The topological polar surface area (TPSA) is 59.2 Å². The summed E-state index contributed by atoms with van der Waals surface area (Å²) in [7, 11) is 0. The quantitative estimate of drug-likeness (QED) is 0.923. The minimum absolute atomic E-state index is 0.0225. The van der Waals surface area contributed by atoms with E-state index in [1.165, 1.54) is 22.5 Å². The maximum atomic E-state index is 12.6. The molecule has 0 aliphatic carbocycles. The molecule has 20 heavy (non-hydrogen) atoms. The molecule has 4 nitrogen and oxygen atoms in total. The van der Waals surface area contributed by atoms with Gasteiger partial charge in [0.15, 0.2) is 0 Å². The van der Waals surface area contributed by atoms with Gasteiger partial charge in [0.25, 0.3) is 5.91 Å². The fraction of sp³-hybridized carbons (Fsp3) is 0.333. The molecule has 1 aliphatic heterocycles. The van der Waals surface area contributed by atoms with Crippen molar-refractivity contribution in [3.05, 3.63) is 45.4 Å². The number of thiazole rings is 1. The molecule has 0 fully saturated rings. The molecule has 1 amide bonds. The number of fused-ring (bicyclic) bond motifs is 1. The second-order valence-corrected chi connectivity index (χ2v) is 5.97. The number of carbonyl (C=O) groups is 1. The van der Waals surface area contributed by atoms with E-state index in [1.807, 2.05) is 11.0 Å². The average molecular weight is 287 g/mol. The van der Waals surface area contributed by atoms with Gasteiger partial charge in [-0.15, -0.1) is 11.3 Å². The minimum atomic E-state index is -0.0225. The molecular formula is C15H17N3OS. The Morgan fingerprint density at radius 1 is 1.50 bits per heavy atom. The minimum Gasteiger partial charge on any atom is -0.325 e. The zero-order valence-electron chi connectivity index (χ0n) is 11.4. The second kappa shape index (κ2) is 5.34. The Morgan fingerprint density at radius 3 is 3.10 bits per heavy atom. The van der Waals surface area contributed by atoms with Crippen LogP contribution in [0.15, 0.2) is 23.6 Å². The molecule has 0 bridgehead atoms. The fourth-order valence-electron chi connectivity index (χ4n) is 2.58. The molecule has 0 unspecified atom stereocenters. The molecule has 5 heteroatoms. The first-order valence-electron chi connectivity index (χ1n) is 6.75.